The third-order valence-corrected chi connectivity index (χ3v) is 4.07. The lowest BCUT2D eigenvalue weighted by Gasteiger charge is -2.34. The SMILES string of the molecule is CCNc1ccnc(N2CCN(CCc3ccccn3)CC2)n1. The first-order valence-corrected chi connectivity index (χ1v) is 8.29. The quantitative estimate of drug-likeness (QED) is 0.875. The summed E-state index contributed by atoms with van der Waals surface area (Å²) in [5.41, 5.74) is 1.16. The van der Waals surface area contributed by atoms with Crippen LogP contribution in [0.2, 0.25) is 0 Å². The molecule has 6 heteroatoms. The van der Waals surface area contributed by atoms with Crippen molar-refractivity contribution >= 4 is 11.8 Å². The van der Waals surface area contributed by atoms with Crippen LogP contribution >= 0.6 is 0 Å². The molecule has 0 aliphatic carbocycles. The Kier molecular flexibility index (Phi) is 5.37. The van der Waals surface area contributed by atoms with Gasteiger partial charge in [0.2, 0.25) is 5.95 Å². The highest BCUT2D eigenvalue weighted by Crippen LogP contribution is 2.13. The number of nitrogens with one attached hydrogen (secondary N) is 1. The first kappa shape index (κ1) is 15.7. The van der Waals surface area contributed by atoms with Crippen LogP contribution in [0.4, 0.5) is 11.8 Å². The van der Waals surface area contributed by atoms with Crippen molar-refractivity contribution in [3.63, 3.8) is 0 Å². The maximum absolute atomic E-state index is 4.58. The molecule has 1 fully saturated rings. The van der Waals surface area contributed by atoms with E-state index in [4.69, 9.17) is 0 Å². The predicted molar refractivity (Wildman–Crippen MR) is 92.8 cm³/mol. The van der Waals surface area contributed by atoms with Gasteiger partial charge in [0, 0.05) is 63.8 Å². The van der Waals surface area contributed by atoms with E-state index in [1.165, 1.54) is 0 Å². The summed E-state index contributed by atoms with van der Waals surface area (Å²) in [6.07, 6.45) is 4.70. The molecule has 1 saturated heterocycles. The largest absolute Gasteiger partial charge is 0.370 e. The summed E-state index contributed by atoms with van der Waals surface area (Å²) < 4.78 is 0. The van der Waals surface area contributed by atoms with E-state index in [0.717, 1.165) is 63.1 Å². The van der Waals surface area contributed by atoms with Crippen molar-refractivity contribution in [2.24, 2.45) is 0 Å². The standard InChI is InChI=1S/C17H24N6/c1-2-18-16-6-9-20-17(21-16)23-13-11-22(12-14-23)10-7-15-5-3-4-8-19-15/h3-6,8-9H,2,7,10-14H2,1H3,(H,18,20,21). The molecule has 0 spiro atoms. The van der Waals surface area contributed by atoms with Crippen LogP contribution in [0.25, 0.3) is 0 Å². The number of aromatic nitrogens is 3. The molecule has 1 aliphatic heterocycles. The number of piperazine rings is 1. The monoisotopic (exact) mass is 312 g/mol. The maximum atomic E-state index is 4.58. The fourth-order valence-corrected chi connectivity index (χ4v) is 2.77. The first-order chi connectivity index (χ1) is 11.3. The van der Waals surface area contributed by atoms with Crippen LogP contribution in [0.5, 0.6) is 0 Å². The zero-order valence-corrected chi connectivity index (χ0v) is 13.6. The lowest BCUT2D eigenvalue weighted by molar-refractivity contribution is 0.259. The van der Waals surface area contributed by atoms with E-state index < -0.39 is 0 Å². The molecular weight excluding hydrogens is 288 g/mol. The van der Waals surface area contributed by atoms with Gasteiger partial charge in [0.1, 0.15) is 5.82 Å². The average Bonchev–Trinajstić information content (AvgIpc) is 2.62. The molecule has 1 aliphatic rings. The molecule has 0 amide bonds. The molecule has 0 atom stereocenters. The average molecular weight is 312 g/mol. The summed E-state index contributed by atoms with van der Waals surface area (Å²) in [6.45, 7) is 8.03. The van der Waals surface area contributed by atoms with Crippen molar-refractivity contribution in [3.05, 3.63) is 42.4 Å². The first-order valence-electron chi connectivity index (χ1n) is 8.29. The third kappa shape index (κ3) is 4.39. The number of anilines is 2. The third-order valence-electron chi connectivity index (χ3n) is 4.07. The Morgan fingerprint density at radius 3 is 2.65 bits per heavy atom. The molecule has 0 aromatic carbocycles. The Hall–Kier alpha value is -2.21. The van der Waals surface area contributed by atoms with E-state index in [9.17, 15) is 0 Å². The lowest BCUT2D eigenvalue weighted by Crippen LogP contribution is -2.47. The normalized spacial score (nSPS) is 15.6. The maximum Gasteiger partial charge on any atom is 0.227 e. The van der Waals surface area contributed by atoms with Gasteiger partial charge in [0.25, 0.3) is 0 Å². The van der Waals surface area contributed by atoms with Crippen LogP contribution in [0.3, 0.4) is 0 Å². The molecule has 0 bridgehead atoms. The minimum Gasteiger partial charge on any atom is -0.370 e. The van der Waals surface area contributed by atoms with Gasteiger partial charge in [-0.3, -0.25) is 9.88 Å². The minimum atomic E-state index is 0.827. The Morgan fingerprint density at radius 2 is 1.91 bits per heavy atom. The summed E-state index contributed by atoms with van der Waals surface area (Å²) in [5.74, 6) is 1.72. The van der Waals surface area contributed by atoms with Crippen molar-refractivity contribution < 1.29 is 0 Å². The molecule has 0 saturated carbocycles. The van der Waals surface area contributed by atoms with E-state index in [1.807, 2.05) is 24.5 Å². The second-order valence-electron chi connectivity index (χ2n) is 5.67. The molecule has 0 unspecified atom stereocenters. The molecule has 23 heavy (non-hydrogen) atoms. The number of nitrogens with zero attached hydrogens (tertiary/aromatic N) is 5. The molecule has 2 aromatic heterocycles. The second kappa shape index (κ2) is 7.87. The molecule has 2 aromatic rings. The van der Waals surface area contributed by atoms with Gasteiger partial charge in [-0.25, -0.2) is 4.98 Å². The van der Waals surface area contributed by atoms with Gasteiger partial charge >= 0.3 is 0 Å². The Balaban J connectivity index is 1.49. The molecule has 1 N–H and O–H groups in total. The summed E-state index contributed by atoms with van der Waals surface area (Å²) >= 11 is 0. The summed E-state index contributed by atoms with van der Waals surface area (Å²) in [4.78, 5) is 18.1. The van der Waals surface area contributed by atoms with Gasteiger partial charge in [0.15, 0.2) is 0 Å². The smallest absolute Gasteiger partial charge is 0.227 e. The van der Waals surface area contributed by atoms with Crippen molar-refractivity contribution in [1.29, 1.82) is 0 Å². The van der Waals surface area contributed by atoms with E-state index >= 15 is 0 Å². The highest BCUT2D eigenvalue weighted by molar-refractivity contribution is 5.41. The second-order valence-corrected chi connectivity index (χ2v) is 5.67. The number of hydrogen-bond donors (Lipinski definition) is 1. The van der Waals surface area contributed by atoms with Crippen LogP contribution in [0.1, 0.15) is 12.6 Å². The fourth-order valence-electron chi connectivity index (χ4n) is 2.77. The van der Waals surface area contributed by atoms with E-state index in [2.05, 4.69) is 49.1 Å². The molecular formula is C17H24N6. The number of hydrogen-bond acceptors (Lipinski definition) is 6. The fraction of sp³-hybridized carbons (Fsp3) is 0.471. The summed E-state index contributed by atoms with van der Waals surface area (Å²) in [5, 5.41) is 3.24. The molecule has 0 radical (unpaired) electrons. The molecule has 3 rings (SSSR count). The van der Waals surface area contributed by atoms with Crippen LogP contribution in [0, 0.1) is 0 Å². The van der Waals surface area contributed by atoms with Crippen molar-refractivity contribution in [1.82, 2.24) is 19.9 Å². The van der Waals surface area contributed by atoms with Gasteiger partial charge in [-0.15, -0.1) is 0 Å². The Bertz CT molecular complexity index is 595. The lowest BCUT2D eigenvalue weighted by atomic mass is 10.2. The van der Waals surface area contributed by atoms with Crippen LogP contribution < -0.4 is 10.2 Å². The molecule has 122 valence electrons. The Morgan fingerprint density at radius 1 is 1.04 bits per heavy atom. The van der Waals surface area contributed by atoms with Gasteiger partial charge < -0.3 is 10.2 Å². The predicted octanol–water partition coefficient (Wildman–Crippen LogP) is 1.67. The van der Waals surface area contributed by atoms with Gasteiger partial charge in [-0.1, -0.05) is 6.07 Å². The molecule has 6 nitrogen and oxygen atoms in total. The van der Waals surface area contributed by atoms with Crippen LogP contribution in [-0.4, -0.2) is 59.1 Å². The zero-order chi connectivity index (χ0) is 15.9. The number of pyridine rings is 1. The van der Waals surface area contributed by atoms with Crippen molar-refractivity contribution in [3.8, 4) is 0 Å². The van der Waals surface area contributed by atoms with Gasteiger partial charge in [0.05, 0.1) is 0 Å². The van der Waals surface area contributed by atoms with Crippen LogP contribution in [0.15, 0.2) is 36.7 Å². The zero-order valence-electron chi connectivity index (χ0n) is 13.6. The highest BCUT2D eigenvalue weighted by atomic mass is 15.3. The summed E-state index contributed by atoms with van der Waals surface area (Å²) in [6, 6.07) is 8.02. The van der Waals surface area contributed by atoms with E-state index in [1.54, 1.807) is 0 Å². The number of rotatable bonds is 6. The topological polar surface area (TPSA) is 57.2 Å². The molecule has 3 heterocycles. The van der Waals surface area contributed by atoms with Gasteiger partial charge in [-0.05, 0) is 25.1 Å². The van der Waals surface area contributed by atoms with Crippen molar-refractivity contribution in [2.75, 3.05) is 49.5 Å². The minimum absolute atomic E-state index is 0.827. The Labute approximate surface area is 137 Å². The van der Waals surface area contributed by atoms with E-state index in [-0.39, 0.29) is 0 Å². The van der Waals surface area contributed by atoms with E-state index in [0.29, 0.717) is 0 Å². The van der Waals surface area contributed by atoms with Crippen LogP contribution in [-0.2, 0) is 6.42 Å². The van der Waals surface area contributed by atoms with Gasteiger partial charge in [-0.2, -0.15) is 4.98 Å². The highest BCUT2D eigenvalue weighted by Gasteiger charge is 2.19. The van der Waals surface area contributed by atoms with Crippen molar-refractivity contribution in [2.45, 2.75) is 13.3 Å². The summed E-state index contributed by atoms with van der Waals surface area (Å²) in [7, 11) is 0.